The molecule has 0 bridgehead atoms. The van der Waals surface area contributed by atoms with E-state index in [-0.39, 0.29) is 0 Å². The molecule has 0 saturated carbocycles. The van der Waals surface area contributed by atoms with Gasteiger partial charge in [-0.3, -0.25) is 0 Å². The van der Waals surface area contributed by atoms with Crippen LogP contribution in [0.4, 0.5) is 0 Å². The number of rotatable bonds is 1. The van der Waals surface area contributed by atoms with E-state index in [9.17, 15) is 0 Å². The molecule has 0 fully saturated rings. The van der Waals surface area contributed by atoms with E-state index in [1.54, 1.807) is 18.5 Å². The first kappa shape index (κ1) is 8.74. The molecule has 76 valence electrons. The molecular formula is C12H7N3O. The minimum absolute atomic E-state index is 0.607. The third-order valence-electron chi connectivity index (χ3n) is 2.35. The number of furan rings is 1. The fourth-order valence-electron chi connectivity index (χ4n) is 1.60. The van der Waals surface area contributed by atoms with E-state index in [0.29, 0.717) is 5.56 Å². The molecule has 0 radical (unpaired) electrons. The van der Waals surface area contributed by atoms with Gasteiger partial charge in [0.05, 0.1) is 11.8 Å². The summed E-state index contributed by atoms with van der Waals surface area (Å²) in [5.74, 6) is 0.724. The molecule has 0 aliphatic rings. The molecule has 3 heterocycles. The van der Waals surface area contributed by atoms with Gasteiger partial charge in [0.2, 0.25) is 0 Å². The number of aromatic nitrogens is 2. The van der Waals surface area contributed by atoms with E-state index in [0.717, 1.165) is 17.1 Å². The Bertz CT molecular complexity index is 674. The molecule has 16 heavy (non-hydrogen) atoms. The lowest BCUT2D eigenvalue weighted by atomic mass is 10.3. The van der Waals surface area contributed by atoms with Crippen LogP contribution in [0.3, 0.4) is 0 Å². The van der Waals surface area contributed by atoms with Crippen LogP contribution < -0.4 is 0 Å². The van der Waals surface area contributed by atoms with Gasteiger partial charge in [-0.05, 0) is 24.3 Å². The smallest absolute Gasteiger partial charge is 0.153 e. The minimum Gasteiger partial charge on any atom is -0.463 e. The maximum atomic E-state index is 8.79. The summed E-state index contributed by atoms with van der Waals surface area (Å²) in [6.07, 6.45) is 5.20. The van der Waals surface area contributed by atoms with Crippen molar-refractivity contribution >= 4 is 5.65 Å². The Morgan fingerprint density at radius 2 is 2.19 bits per heavy atom. The maximum Gasteiger partial charge on any atom is 0.153 e. The summed E-state index contributed by atoms with van der Waals surface area (Å²) in [5.41, 5.74) is 2.17. The normalized spacial score (nSPS) is 10.4. The number of hydrogen-bond acceptors (Lipinski definition) is 3. The third kappa shape index (κ3) is 1.27. The van der Waals surface area contributed by atoms with Crippen LogP contribution in [0, 0.1) is 11.3 Å². The molecule has 3 aromatic rings. The number of nitrogens with zero attached hydrogens (tertiary/aromatic N) is 3. The Labute approximate surface area is 91.4 Å². The van der Waals surface area contributed by atoms with Gasteiger partial charge in [-0.25, -0.2) is 4.98 Å². The summed E-state index contributed by atoms with van der Waals surface area (Å²) >= 11 is 0. The largest absolute Gasteiger partial charge is 0.463 e. The summed E-state index contributed by atoms with van der Waals surface area (Å²) < 4.78 is 7.08. The van der Waals surface area contributed by atoms with Crippen molar-refractivity contribution in [1.82, 2.24) is 9.38 Å². The molecule has 0 amide bonds. The number of nitriles is 1. The van der Waals surface area contributed by atoms with Crippen LogP contribution in [0.1, 0.15) is 5.56 Å². The molecule has 0 N–H and O–H groups in total. The highest BCUT2D eigenvalue weighted by atomic mass is 16.3. The van der Waals surface area contributed by atoms with Crippen LogP contribution in [0.15, 0.2) is 47.3 Å². The van der Waals surface area contributed by atoms with E-state index in [2.05, 4.69) is 11.1 Å². The summed E-state index contributed by atoms with van der Waals surface area (Å²) in [4.78, 5) is 4.39. The molecule has 0 spiro atoms. The molecule has 0 atom stereocenters. The molecule has 4 nitrogen and oxygen atoms in total. The van der Waals surface area contributed by atoms with E-state index in [1.807, 2.05) is 28.8 Å². The zero-order chi connectivity index (χ0) is 11.0. The van der Waals surface area contributed by atoms with Crippen molar-refractivity contribution < 1.29 is 4.42 Å². The minimum atomic E-state index is 0.607. The number of hydrogen-bond donors (Lipinski definition) is 0. The second-order valence-electron chi connectivity index (χ2n) is 3.40. The number of fused-ring (bicyclic) bond motifs is 1. The summed E-state index contributed by atoms with van der Waals surface area (Å²) in [6, 6.07) is 9.32. The van der Waals surface area contributed by atoms with Crippen LogP contribution in [0.2, 0.25) is 0 Å². The predicted octanol–water partition coefficient (Wildman–Crippen LogP) is 2.47. The zero-order valence-corrected chi connectivity index (χ0v) is 8.29. The Kier molecular flexibility index (Phi) is 1.77. The lowest BCUT2D eigenvalue weighted by Crippen LogP contribution is -1.83. The summed E-state index contributed by atoms with van der Waals surface area (Å²) in [5, 5.41) is 8.79. The van der Waals surface area contributed by atoms with Gasteiger partial charge in [0.25, 0.3) is 0 Å². The van der Waals surface area contributed by atoms with Gasteiger partial charge in [0, 0.05) is 12.4 Å². The number of imidazole rings is 1. The van der Waals surface area contributed by atoms with Crippen LogP contribution >= 0.6 is 0 Å². The lowest BCUT2D eigenvalue weighted by molar-refractivity contribution is 0.580. The quantitative estimate of drug-likeness (QED) is 0.618. The second-order valence-corrected chi connectivity index (χ2v) is 3.40. The molecular weight excluding hydrogens is 202 g/mol. The fourth-order valence-corrected chi connectivity index (χ4v) is 1.60. The van der Waals surface area contributed by atoms with E-state index < -0.39 is 0 Å². The van der Waals surface area contributed by atoms with Gasteiger partial charge in [-0.1, -0.05) is 0 Å². The highest BCUT2D eigenvalue weighted by molar-refractivity contribution is 5.57. The van der Waals surface area contributed by atoms with Crippen LogP contribution in [-0.2, 0) is 0 Å². The molecule has 0 saturated heterocycles. The van der Waals surface area contributed by atoms with E-state index >= 15 is 0 Å². The molecule has 3 rings (SSSR count). The summed E-state index contributed by atoms with van der Waals surface area (Å²) in [7, 11) is 0. The average Bonchev–Trinajstić information content (AvgIpc) is 2.96. The van der Waals surface area contributed by atoms with Crippen molar-refractivity contribution in [2.24, 2.45) is 0 Å². The molecule has 0 aliphatic heterocycles. The van der Waals surface area contributed by atoms with Gasteiger partial charge in [-0.15, -0.1) is 0 Å². The second kappa shape index (κ2) is 3.24. The Hall–Kier alpha value is -2.54. The number of pyridine rings is 1. The van der Waals surface area contributed by atoms with Crippen LogP contribution in [0.5, 0.6) is 0 Å². The van der Waals surface area contributed by atoms with Crippen molar-refractivity contribution in [3.05, 3.63) is 48.5 Å². The molecule has 0 aromatic carbocycles. The Morgan fingerprint density at radius 1 is 1.25 bits per heavy atom. The monoisotopic (exact) mass is 209 g/mol. The lowest BCUT2D eigenvalue weighted by Gasteiger charge is -1.91. The molecule has 3 aromatic heterocycles. The van der Waals surface area contributed by atoms with Crippen LogP contribution in [-0.4, -0.2) is 9.38 Å². The van der Waals surface area contributed by atoms with Crippen molar-refractivity contribution in [1.29, 1.82) is 5.26 Å². The van der Waals surface area contributed by atoms with Gasteiger partial charge in [-0.2, -0.15) is 5.26 Å². The first-order valence-electron chi connectivity index (χ1n) is 4.79. The van der Waals surface area contributed by atoms with Gasteiger partial charge >= 0.3 is 0 Å². The average molecular weight is 209 g/mol. The Morgan fingerprint density at radius 3 is 2.94 bits per heavy atom. The van der Waals surface area contributed by atoms with Gasteiger partial charge in [0.15, 0.2) is 5.76 Å². The third-order valence-corrected chi connectivity index (χ3v) is 2.35. The van der Waals surface area contributed by atoms with Gasteiger partial charge in [0.1, 0.15) is 17.4 Å². The molecule has 0 unspecified atom stereocenters. The predicted molar refractivity (Wildman–Crippen MR) is 57.6 cm³/mol. The van der Waals surface area contributed by atoms with Crippen LogP contribution in [0.25, 0.3) is 17.1 Å². The van der Waals surface area contributed by atoms with E-state index in [1.165, 1.54) is 0 Å². The first-order chi connectivity index (χ1) is 7.86. The van der Waals surface area contributed by atoms with Gasteiger partial charge < -0.3 is 8.82 Å². The standard InChI is InChI=1S/C12H7N3O/c13-6-9-3-4-12-14-10(8-15(12)7-9)11-2-1-5-16-11/h1-5,7-8H. The van der Waals surface area contributed by atoms with Crippen molar-refractivity contribution in [2.75, 3.05) is 0 Å². The summed E-state index contributed by atoms with van der Waals surface area (Å²) in [6.45, 7) is 0. The highest BCUT2D eigenvalue weighted by Crippen LogP contribution is 2.19. The zero-order valence-electron chi connectivity index (χ0n) is 8.29. The fraction of sp³-hybridized carbons (Fsp3) is 0. The molecule has 4 heteroatoms. The Balaban J connectivity index is 2.20. The topological polar surface area (TPSA) is 54.2 Å². The SMILES string of the molecule is N#Cc1ccc2nc(-c3ccco3)cn2c1. The van der Waals surface area contributed by atoms with Crippen molar-refractivity contribution in [2.45, 2.75) is 0 Å². The van der Waals surface area contributed by atoms with Crippen molar-refractivity contribution in [3.63, 3.8) is 0 Å². The molecule has 0 aliphatic carbocycles. The maximum absolute atomic E-state index is 8.79. The van der Waals surface area contributed by atoms with Crippen molar-refractivity contribution in [3.8, 4) is 17.5 Å². The first-order valence-corrected chi connectivity index (χ1v) is 4.79. The van der Waals surface area contributed by atoms with E-state index in [4.69, 9.17) is 9.68 Å². The highest BCUT2D eigenvalue weighted by Gasteiger charge is 2.06.